The van der Waals surface area contributed by atoms with Gasteiger partial charge in [-0.25, -0.2) is 0 Å². The Kier molecular flexibility index (Phi) is 4.90. The highest BCUT2D eigenvalue weighted by Gasteiger charge is 2.45. The summed E-state index contributed by atoms with van der Waals surface area (Å²) in [6.45, 7) is 6.75. The van der Waals surface area contributed by atoms with Crippen LogP contribution in [0, 0.1) is 0 Å². The summed E-state index contributed by atoms with van der Waals surface area (Å²) in [5.74, 6) is 1.95. The van der Waals surface area contributed by atoms with Crippen LogP contribution in [-0.4, -0.2) is 16.9 Å². The molecule has 0 radical (unpaired) electrons. The molecular formula is C17H20INOS. The van der Waals surface area contributed by atoms with Gasteiger partial charge in [0.25, 0.3) is 0 Å². The molecule has 4 heteroatoms. The maximum absolute atomic E-state index is 6.05. The number of halogens is 1. The first-order valence-corrected chi connectivity index (χ1v) is 8.01. The monoisotopic (exact) mass is 413 g/mol. The fourth-order valence-electron chi connectivity index (χ4n) is 2.19. The molecule has 2 aromatic carbocycles. The third-order valence-corrected chi connectivity index (χ3v) is 6.16. The number of para-hydroxylation sites is 2. The van der Waals surface area contributed by atoms with Crippen LogP contribution in [-0.2, 0) is 11.1 Å². The van der Waals surface area contributed by atoms with Crippen molar-refractivity contribution in [2.24, 2.45) is 0 Å². The second kappa shape index (κ2) is 6.18. The molecule has 0 amide bonds. The Labute approximate surface area is 147 Å². The van der Waals surface area contributed by atoms with E-state index in [2.05, 4.69) is 68.5 Å². The topological polar surface area (TPSA) is 12.5 Å². The van der Waals surface area contributed by atoms with E-state index < -0.39 is 0 Å². The molecule has 1 aliphatic heterocycles. The van der Waals surface area contributed by atoms with Crippen LogP contribution in [0.3, 0.4) is 0 Å². The van der Waals surface area contributed by atoms with Crippen molar-refractivity contribution in [2.45, 2.75) is 36.1 Å². The van der Waals surface area contributed by atoms with Crippen molar-refractivity contribution in [3.63, 3.8) is 0 Å². The minimum Gasteiger partial charge on any atom is -1.00 e. The highest BCUT2D eigenvalue weighted by Crippen LogP contribution is 2.45. The number of benzene rings is 2. The second-order valence-electron chi connectivity index (χ2n) is 5.95. The average molecular weight is 413 g/mol. The Balaban J connectivity index is 0.00000161. The van der Waals surface area contributed by atoms with Crippen LogP contribution >= 0.6 is 0 Å². The molecule has 2 nitrogen and oxygen atoms in total. The fraction of sp³-hybridized carbons (Fsp3) is 0.294. The predicted octanol–water partition coefficient (Wildman–Crippen LogP) is 1.48. The van der Waals surface area contributed by atoms with E-state index >= 15 is 0 Å². The van der Waals surface area contributed by atoms with Gasteiger partial charge in [0.1, 0.15) is 0 Å². The van der Waals surface area contributed by atoms with Crippen LogP contribution in [0.1, 0.15) is 20.8 Å². The Bertz CT molecular complexity index is 593. The van der Waals surface area contributed by atoms with Gasteiger partial charge in [-0.2, -0.15) is 0 Å². The van der Waals surface area contributed by atoms with Crippen LogP contribution in [0.2, 0.25) is 0 Å². The quantitative estimate of drug-likeness (QED) is 0.519. The Hall–Kier alpha value is -0.720. The Morgan fingerprint density at radius 1 is 0.857 bits per heavy atom. The van der Waals surface area contributed by atoms with Crippen LogP contribution in [0.15, 0.2) is 58.3 Å². The zero-order chi connectivity index (χ0) is 14.3. The van der Waals surface area contributed by atoms with E-state index in [4.69, 9.17) is 4.74 Å². The summed E-state index contributed by atoms with van der Waals surface area (Å²) in [6, 6.07) is 16.7. The molecule has 0 aromatic heterocycles. The normalized spacial score (nSPS) is 14.0. The third-order valence-electron chi connectivity index (χ3n) is 3.55. The number of hydrogen-bond donors (Lipinski definition) is 0. The summed E-state index contributed by atoms with van der Waals surface area (Å²) < 4.78 is 8.49. The predicted molar refractivity (Wildman–Crippen MR) is 84.4 cm³/mol. The second-order valence-corrected chi connectivity index (χ2v) is 7.95. The number of nitrogens with zero attached hydrogens (tertiary/aromatic N) is 1. The molecule has 21 heavy (non-hydrogen) atoms. The van der Waals surface area contributed by atoms with Crippen molar-refractivity contribution < 1.29 is 28.7 Å². The van der Waals surface area contributed by atoms with E-state index in [9.17, 15) is 0 Å². The molecule has 0 bridgehead atoms. The molecule has 0 unspecified atom stereocenters. The van der Waals surface area contributed by atoms with Gasteiger partial charge in [-0.1, -0.05) is 24.3 Å². The lowest BCUT2D eigenvalue weighted by molar-refractivity contribution is -0.00000561. The summed E-state index contributed by atoms with van der Waals surface area (Å²) in [4.78, 5) is 2.53. The van der Waals surface area contributed by atoms with E-state index in [0.717, 1.165) is 11.5 Å². The first-order chi connectivity index (χ1) is 9.48. The van der Waals surface area contributed by atoms with Gasteiger partial charge in [0.15, 0.2) is 22.6 Å². The molecular weight excluding hydrogens is 393 g/mol. The SMILES string of the molecule is CN([S+]1c2ccccc2Oc2ccccc21)C(C)(C)C.[I-]. The largest absolute Gasteiger partial charge is 1.00 e. The number of fused-ring (bicyclic) bond motifs is 2. The molecule has 0 saturated heterocycles. The van der Waals surface area contributed by atoms with Gasteiger partial charge in [0.05, 0.1) is 5.54 Å². The maximum Gasteiger partial charge on any atom is 0.224 e. The average Bonchev–Trinajstić information content (AvgIpc) is 2.43. The molecule has 0 atom stereocenters. The van der Waals surface area contributed by atoms with Gasteiger partial charge in [-0.3, -0.25) is 0 Å². The molecule has 0 spiro atoms. The highest BCUT2D eigenvalue weighted by molar-refractivity contribution is 7.95. The lowest BCUT2D eigenvalue weighted by atomic mass is 10.1. The van der Waals surface area contributed by atoms with Crippen molar-refractivity contribution in [1.29, 1.82) is 0 Å². The van der Waals surface area contributed by atoms with Crippen molar-refractivity contribution in [1.82, 2.24) is 4.31 Å². The summed E-state index contributed by atoms with van der Waals surface area (Å²) in [7, 11) is 2.20. The molecule has 1 heterocycles. The third kappa shape index (κ3) is 3.07. The lowest BCUT2D eigenvalue weighted by Crippen LogP contribution is -3.00. The summed E-state index contributed by atoms with van der Waals surface area (Å²) in [6.07, 6.45) is 0. The fourth-order valence-corrected chi connectivity index (χ4v) is 4.58. The van der Waals surface area contributed by atoms with Crippen molar-refractivity contribution in [3.05, 3.63) is 48.5 Å². The lowest BCUT2D eigenvalue weighted by Gasteiger charge is -2.32. The molecule has 2 aromatic rings. The maximum atomic E-state index is 6.05. The minimum atomic E-state index is -0.100. The molecule has 0 aliphatic carbocycles. The van der Waals surface area contributed by atoms with Gasteiger partial charge in [0, 0.05) is 7.05 Å². The van der Waals surface area contributed by atoms with Crippen molar-refractivity contribution >= 4 is 11.1 Å². The van der Waals surface area contributed by atoms with E-state index in [-0.39, 0.29) is 40.6 Å². The summed E-state index contributed by atoms with van der Waals surface area (Å²) in [5.41, 5.74) is 0.0979. The number of hydrogen-bond acceptors (Lipinski definition) is 2. The van der Waals surface area contributed by atoms with Gasteiger partial charge < -0.3 is 28.7 Å². The molecule has 3 rings (SSSR count). The molecule has 112 valence electrons. The van der Waals surface area contributed by atoms with Crippen LogP contribution in [0.4, 0.5) is 0 Å². The van der Waals surface area contributed by atoms with Gasteiger partial charge in [-0.05, 0) is 45.0 Å². The zero-order valence-corrected chi connectivity index (χ0v) is 15.7. The van der Waals surface area contributed by atoms with E-state index in [1.807, 2.05) is 12.1 Å². The summed E-state index contributed by atoms with van der Waals surface area (Å²) >= 11 is -0.100. The Morgan fingerprint density at radius 2 is 1.29 bits per heavy atom. The van der Waals surface area contributed by atoms with Gasteiger partial charge in [0.2, 0.25) is 9.79 Å². The van der Waals surface area contributed by atoms with Crippen molar-refractivity contribution in [2.75, 3.05) is 7.05 Å². The first-order valence-electron chi connectivity index (χ1n) is 6.82. The summed E-state index contributed by atoms with van der Waals surface area (Å²) in [5, 5.41) is 0. The minimum absolute atomic E-state index is 0. The van der Waals surface area contributed by atoms with Crippen LogP contribution < -0.4 is 28.7 Å². The number of rotatable bonds is 1. The van der Waals surface area contributed by atoms with Crippen LogP contribution in [0.25, 0.3) is 0 Å². The number of ether oxygens (including phenoxy) is 1. The van der Waals surface area contributed by atoms with Gasteiger partial charge >= 0.3 is 0 Å². The molecule has 0 fully saturated rings. The van der Waals surface area contributed by atoms with Crippen LogP contribution in [0.5, 0.6) is 11.5 Å². The van der Waals surface area contributed by atoms with Gasteiger partial charge in [-0.15, -0.1) is 4.31 Å². The van der Waals surface area contributed by atoms with E-state index in [1.165, 1.54) is 9.79 Å². The highest BCUT2D eigenvalue weighted by atomic mass is 127. The standard InChI is InChI=1S/C17H20NOS.HI/c1-17(2,3)18(4)20-15-11-7-5-9-13(15)19-14-10-6-8-12-16(14)20;/h5-12H,1-4H3;1H/q+1;/p-1. The molecule has 0 N–H and O–H groups in total. The molecule has 0 saturated carbocycles. The van der Waals surface area contributed by atoms with Crippen molar-refractivity contribution in [3.8, 4) is 11.5 Å². The molecule has 1 aliphatic rings. The van der Waals surface area contributed by atoms with E-state index in [0.29, 0.717) is 0 Å². The smallest absolute Gasteiger partial charge is 0.224 e. The first kappa shape index (κ1) is 16.6. The zero-order valence-electron chi connectivity index (χ0n) is 12.8. The Morgan fingerprint density at radius 3 is 1.71 bits per heavy atom. The van der Waals surface area contributed by atoms with E-state index in [1.54, 1.807) is 0 Å².